The summed E-state index contributed by atoms with van der Waals surface area (Å²) < 4.78 is 33.0. The van der Waals surface area contributed by atoms with Crippen LogP contribution in [0.5, 0.6) is 5.75 Å². The standard InChI is InChI=1S/C22H30N2O3S/c1-18-5-11-22(12-6-18)28(25,26)23-16-20-4-3-14-24(17-20)15-13-19-7-9-21(27-2)10-8-19/h5-12,20,23H,3-4,13-17H2,1-2H3. The number of sulfonamides is 1. The van der Waals surface area contributed by atoms with Crippen molar-refractivity contribution in [3.05, 3.63) is 59.7 Å². The minimum atomic E-state index is -3.44. The fraction of sp³-hybridized carbons (Fsp3) is 0.455. The molecule has 1 aliphatic rings. The molecule has 1 heterocycles. The molecule has 0 bridgehead atoms. The van der Waals surface area contributed by atoms with Gasteiger partial charge in [-0.2, -0.15) is 0 Å². The molecule has 0 saturated carbocycles. The van der Waals surface area contributed by atoms with E-state index in [4.69, 9.17) is 4.74 Å². The first-order chi connectivity index (χ1) is 13.5. The van der Waals surface area contributed by atoms with Crippen molar-refractivity contribution in [2.45, 2.75) is 31.1 Å². The van der Waals surface area contributed by atoms with Crippen molar-refractivity contribution >= 4 is 10.0 Å². The molecule has 152 valence electrons. The van der Waals surface area contributed by atoms with Crippen LogP contribution in [0.25, 0.3) is 0 Å². The summed E-state index contributed by atoms with van der Waals surface area (Å²) in [7, 11) is -1.76. The Morgan fingerprint density at radius 1 is 1.11 bits per heavy atom. The summed E-state index contributed by atoms with van der Waals surface area (Å²) in [6.45, 7) is 5.46. The Labute approximate surface area is 168 Å². The third-order valence-corrected chi connectivity index (χ3v) is 6.81. The summed E-state index contributed by atoms with van der Waals surface area (Å²) in [5.41, 5.74) is 2.35. The molecule has 2 aromatic carbocycles. The van der Waals surface area contributed by atoms with Crippen LogP contribution in [-0.2, 0) is 16.4 Å². The van der Waals surface area contributed by atoms with Crippen LogP contribution in [0.15, 0.2) is 53.4 Å². The monoisotopic (exact) mass is 402 g/mol. The highest BCUT2D eigenvalue weighted by Crippen LogP contribution is 2.18. The van der Waals surface area contributed by atoms with Gasteiger partial charge >= 0.3 is 0 Å². The van der Waals surface area contributed by atoms with E-state index in [9.17, 15) is 8.42 Å². The maximum absolute atomic E-state index is 12.5. The smallest absolute Gasteiger partial charge is 0.240 e. The lowest BCUT2D eigenvalue weighted by Gasteiger charge is -2.32. The number of ether oxygens (including phenoxy) is 1. The topological polar surface area (TPSA) is 58.6 Å². The Hall–Kier alpha value is -1.89. The third-order valence-electron chi connectivity index (χ3n) is 5.37. The molecule has 1 N–H and O–H groups in total. The van der Waals surface area contributed by atoms with Gasteiger partial charge in [-0.05, 0) is 68.5 Å². The molecule has 1 atom stereocenters. The van der Waals surface area contributed by atoms with Crippen LogP contribution in [0, 0.1) is 12.8 Å². The van der Waals surface area contributed by atoms with E-state index in [1.54, 1.807) is 19.2 Å². The zero-order chi connectivity index (χ0) is 20.0. The van der Waals surface area contributed by atoms with E-state index in [1.165, 1.54) is 5.56 Å². The van der Waals surface area contributed by atoms with Crippen LogP contribution >= 0.6 is 0 Å². The van der Waals surface area contributed by atoms with Crippen LogP contribution < -0.4 is 9.46 Å². The Balaban J connectivity index is 1.48. The van der Waals surface area contributed by atoms with Crippen LogP contribution in [0.3, 0.4) is 0 Å². The lowest BCUT2D eigenvalue weighted by molar-refractivity contribution is 0.178. The van der Waals surface area contributed by atoms with Crippen LogP contribution in [-0.4, -0.2) is 46.6 Å². The molecular weight excluding hydrogens is 372 g/mol. The normalized spacial score (nSPS) is 18.1. The molecule has 5 nitrogen and oxygen atoms in total. The van der Waals surface area contributed by atoms with Crippen molar-refractivity contribution in [1.82, 2.24) is 9.62 Å². The number of hydrogen-bond acceptors (Lipinski definition) is 4. The predicted octanol–water partition coefficient (Wildman–Crippen LogP) is 3.24. The van der Waals surface area contributed by atoms with Gasteiger partial charge in [-0.3, -0.25) is 0 Å². The van der Waals surface area contributed by atoms with Crippen molar-refractivity contribution in [2.24, 2.45) is 5.92 Å². The van der Waals surface area contributed by atoms with E-state index in [1.807, 2.05) is 31.2 Å². The number of nitrogens with one attached hydrogen (secondary N) is 1. The zero-order valence-electron chi connectivity index (χ0n) is 16.7. The largest absolute Gasteiger partial charge is 0.497 e. The molecular formula is C22H30N2O3S. The maximum atomic E-state index is 12.5. The van der Waals surface area contributed by atoms with Gasteiger partial charge in [0.1, 0.15) is 5.75 Å². The number of likely N-dealkylation sites (tertiary alicyclic amines) is 1. The maximum Gasteiger partial charge on any atom is 0.240 e. The average Bonchev–Trinajstić information content (AvgIpc) is 2.72. The number of hydrogen-bond donors (Lipinski definition) is 1. The van der Waals surface area contributed by atoms with E-state index < -0.39 is 10.0 Å². The number of piperidine rings is 1. The van der Waals surface area contributed by atoms with Gasteiger partial charge in [-0.25, -0.2) is 13.1 Å². The van der Waals surface area contributed by atoms with E-state index >= 15 is 0 Å². The van der Waals surface area contributed by atoms with E-state index in [2.05, 4.69) is 21.8 Å². The highest BCUT2D eigenvalue weighted by Gasteiger charge is 2.22. The fourth-order valence-electron chi connectivity index (χ4n) is 3.63. The SMILES string of the molecule is COc1ccc(CCN2CCCC(CNS(=O)(=O)c3ccc(C)cc3)C2)cc1. The molecule has 0 aromatic heterocycles. The second-order valence-electron chi connectivity index (χ2n) is 7.57. The molecule has 6 heteroatoms. The second kappa shape index (κ2) is 9.54. The van der Waals surface area contributed by atoms with E-state index in [0.717, 1.165) is 50.2 Å². The lowest BCUT2D eigenvalue weighted by atomic mass is 9.98. The van der Waals surface area contributed by atoms with Gasteiger partial charge in [0.2, 0.25) is 10.0 Å². The predicted molar refractivity (Wildman–Crippen MR) is 112 cm³/mol. The van der Waals surface area contributed by atoms with Gasteiger partial charge in [0.05, 0.1) is 12.0 Å². The Bertz CT molecular complexity index is 848. The number of methoxy groups -OCH3 is 1. The molecule has 1 unspecified atom stereocenters. The van der Waals surface area contributed by atoms with Crippen molar-refractivity contribution in [3.63, 3.8) is 0 Å². The molecule has 2 aromatic rings. The van der Waals surface area contributed by atoms with Crippen molar-refractivity contribution in [3.8, 4) is 5.75 Å². The van der Waals surface area contributed by atoms with Crippen LogP contribution in [0.1, 0.15) is 24.0 Å². The van der Waals surface area contributed by atoms with Crippen LogP contribution in [0.2, 0.25) is 0 Å². The van der Waals surface area contributed by atoms with Gasteiger partial charge in [0.15, 0.2) is 0 Å². The van der Waals surface area contributed by atoms with Gasteiger partial charge in [0, 0.05) is 19.6 Å². The molecule has 3 rings (SSSR count). The summed E-state index contributed by atoms with van der Waals surface area (Å²) in [6.07, 6.45) is 3.17. The van der Waals surface area contributed by atoms with Crippen molar-refractivity contribution < 1.29 is 13.2 Å². The lowest BCUT2D eigenvalue weighted by Crippen LogP contribution is -2.41. The fourth-order valence-corrected chi connectivity index (χ4v) is 4.74. The molecule has 1 fully saturated rings. The summed E-state index contributed by atoms with van der Waals surface area (Å²) in [4.78, 5) is 2.78. The summed E-state index contributed by atoms with van der Waals surface area (Å²) in [5, 5.41) is 0. The van der Waals surface area contributed by atoms with Gasteiger partial charge in [-0.1, -0.05) is 29.8 Å². The van der Waals surface area contributed by atoms with Gasteiger partial charge in [-0.15, -0.1) is 0 Å². The molecule has 28 heavy (non-hydrogen) atoms. The zero-order valence-corrected chi connectivity index (χ0v) is 17.5. The quantitative estimate of drug-likeness (QED) is 0.736. The molecule has 0 aliphatic carbocycles. The number of aryl methyl sites for hydroxylation is 1. The first kappa shape index (κ1) is 20.8. The van der Waals surface area contributed by atoms with Crippen molar-refractivity contribution in [1.29, 1.82) is 0 Å². The first-order valence-electron chi connectivity index (χ1n) is 9.88. The molecule has 1 saturated heterocycles. The van der Waals surface area contributed by atoms with E-state index in [-0.39, 0.29) is 0 Å². The van der Waals surface area contributed by atoms with Crippen molar-refractivity contribution in [2.75, 3.05) is 33.3 Å². The minimum absolute atomic E-state index is 0.338. The third kappa shape index (κ3) is 5.80. The summed E-state index contributed by atoms with van der Waals surface area (Å²) >= 11 is 0. The highest BCUT2D eigenvalue weighted by molar-refractivity contribution is 7.89. The molecule has 0 amide bonds. The van der Waals surface area contributed by atoms with Crippen LogP contribution in [0.4, 0.5) is 0 Å². The first-order valence-corrected chi connectivity index (χ1v) is 11.4. The van der Waals surface area contributed by atoms with Gasteiger partial charge in [0.25, 0.3) is 0 Å². The van der Waals surface area contributed by atoms with Gasteiger partial charge < -0.3 is 9.64 Å². The Kier molecular flexibility index (Phi) is 7.10. The number of benzene rings is 2. The molecule has 1 aliphatic heterocycles. The van der Waals surface area contributed by atoms with E-state index in [0.29, 0.717) is 17.4 Å². The number of rotatable bonds is 8. The second-order valence-corrected chi connectivity index (χ2v) is 9.34. The Morgan fingerprint density at radius 2 is 1.82 bits per heavy atom. The number of nitrogens with zero attached hydrogens (tertiary/aromatic N) is 1. The Morgan fingerprint density at radius 3 is 2.50 bits per heavy atom. The molecule has 0 spiro atoms. The minimum Gasteiger partial charge on any atom is -0.497 e. The average molecular weight is 403 g/mol. The highest BCUT2D eigenvalue weighted by atomic mass is 32.2. The summed E-state index contributed by atoms with van der Waals surface area (Å²) in [5.74, 6) is 1.23. The summed E-state index contributed by atoms with van der Waals surface area (Å²) in [6, 6.07) is 15.2. The molecule has 0 radical (unpaired) electrons.